The minimum absolute atomic E-state index is 0.106. The minimum atomic E-state index is -0.609. The lowest BCUT2D eigenvalue weighted by Crippen LogP contribution is -2.55. The number of benzene rings is 1. The van der Waals surface area contributed by atoms with Gasteiger partial charge in [0, 0.05) is 60.5 Å². The van der Waals surface area contributed by atoms with Gasteiger partial charge in [0.15, 0.2) is 17.2 Å². The second-order valence-corrected chi connectivity index (χ2v) is 9.69. The molecule has 180 valence electrons. The summed E-state index contributed by atoms with van der Waals surface area (Å²) in [7, 11) is 0. The van der Waals surface area contributed by atoms with Gasteiger partial charge in [0.1, 0.15) is 6.26 Å². The molecule has 0 aliphatic carbocycles. The van der Waals surface area contributed by atoms with Gasteiger partial charge in [-0.3, -0.25) is 14.1 Å². The first kappa shape index (κ1) is 21.7. The van der Waals surface area contributed by atoms with Gasteiger partial charge in [-0.25, -0.2) is 9.97 Å². The van der Waals surface area contributed by atoms with Gasteiger partial charge in [-0.1, -0.05) is 0 Å². The summed E-state index contributed by atoms with van der Waals surface area (Å²) in [6.45, 7) is 6.86. The molecule has 0 radical (unpaired) electrons. The van der Waals surface area contributed by atoms with Crippen LogP contribution in [0.5, 0.6) is 0 Å². The highest BCUT2D eigenvalue weighted by Gasteiger charge is 2.40. The van der Waals surface area contributed by atoms with Crippen molar-refractivity contribution in [3.8, 4) is 11.3 Å². The van der Waals surface area contributed by atoms with Gasteiger partial charge >= 0.3 is 0 Å². The molecule has 5 heterocycles. The summed E-state index contributed by atoms with van der Waals surface area (Å²) in [5.41, 5.74) is 9.69. The normalized spacial score (nSPS) is 20.1. The predicted octanol–water partition coefficient (Wildman–Crippen LogP) is 3.89. The number of piperazine rings is 1. The Hall–Kier alpha value is -3.85. The molecule has 3 N–H and O–H groups in total. The standard InChI is InChI=1S/C26H29N7O2/c1-16(2)31-13-20-7-8-21(14-31)33(20)19-5-3-18(4-6-19)30-25-26-28-9-10-32(26)22(12-29-25)17-11-23(24(27)34)35-15-17/h3-6,9-12,15-16,20-21H,7-8,13-14H2,1-2H3,(H2,27,34)(H,29,30). The third kappa shape index (κ3) is 3.81. The molecule has 4 aromatic rings. The van der Waals surface area contributed by atoms with Crippen LogP contribution in [0.1, 0.15) is 37.2 Å². The molecule has 9 heteroatoms. The molecule has 2 atom stereocenters. The SMILES string of the molecule is CC(C)N1CC2CCC(C1)N2c1ccc(Nc2ncc(-c3coc(C(N)=O)c3)n3ccnc23)cc1. The molecule has 0 saturated carbocycles. The van der Waals surface area contributed by atoms with Crippen LogP contribution in [0.15, 0.2) is 59.6 Å². The lowest BCUT2D eigenvalue weighted by Gasteiger charge is -2.44. The number of rotatable bonds is 6. The number of anilines is 3. The predicted molar refractivity (Wildman–Crippen MR) is 135 cm³/mol. The number of imidazole rings is 1. The van der Waals surface area contributed by atoms with E-state index in [0.717, 1.165) is 24.5 Å². The molecule has 2 unspecified atom stereocenters. The van der Waals surface area contributed by atoms with Crippen LogP contribution in [0.3, 0.4) is 0 Å². The summed E-state index contributed by atoms with van der Waals surface area (Å²) >= 11 is 0. The number of nitrogens with two attached hydrogens (primary N) is 1. The average molecular weight is 472 g/mol. The molecular weight excluding hydrogens is 442 g/mol. The van der Waals surface area contributed by atoms with E-state index < -0.39 is 5.91 Å². The maximum atomic E-state index is 11.4. The van der Waals surface area contributed by atoms with Crippen molar-refractivity contribution in [1.82, 2.24) is 19.3 Å². The van der Waals surface area contributed by atoms with Gasteiger partial charge in [-0.2, -0.15) is 0 Å². The van der Waals surface area contributed by atoms with Crippen LogP contribution in [0, 0.1) is 0 Å². The second-order valence-electron chi connectivity index (χ2n) is 9.69. The quantitative estimate of drug-likeness (QED) is 0.439. The van der Waals surface area contributed by atoms with Gasteiger partial charge in [0.2, 0.25) is 0 Å². The molecule has 2 bridgehead atoms. The Morgan fingerprint density at radius 2 is 1.89 bits per heavy atom. The molecule has 2 aliphatic heterocycles. The molecule has 0 spiro atoms. The summed E-state index contributed by atoms with van der Waals surface area (Å²) in [6.07, 6.45) is 9.32. The lowest BCUT2D eigenvalue weighted by molar-refractivity contribution is 0.0974. The zero-order valence-electron chi connectivity index (χ0n) is 19.9. The smallest absolute Gasteiger partial charge is 0.284 e. The monoisotopic (exact) mass is 471 g/mol. The van der Waals surface area contributed by atoms with E-state index in [0.29, 0.717) is 35.2 Å². The van der Waals surface area contributed by atoms with Crippen molar-refractivity contribution < 1.29 is 9.21 Å². The Bertz CT molecular complexity index is 1360. The number of amides is 1. The van der Waals surface area contributed by atoms with Crippen LogP contribution in [0.25, 0.3) is 16.9 Å². The molecule has 1 amide bonds. The lowest BCUT2D eigenvalue weighted by atomic mass is 10.1. The van der Waals surface area contributed by atoms with Crippen molar-refractivity contribution >= 4 is 28.7 Å². The van der Waals surface area contributed by atoms with Crippen LogP contribution in [-0.2, 0) is 0 Å². The van der Waals surface area contributed by atoms with Crippen molar-refractivity contribution in [3.05, 3.63) is 60.9 Å². The van der Waals surface area contributed by atoms with E-state index in [1.54, 1.807) is 18.5 Å². The number of carbonyl (C=O) groups is 1. The van der Waals surface area contributed by atoms with Crippen molar-refractivity contribution in [2.75, 3.05) is 23.3 Å². The van der Waals surface area contributed by atoms with Gasteiger partial charge in [-0.05, 0) is 57.0 Å². The highest BCUT2D eigenvalue weighted by Crippen LogP contribution is 2.36. The van der Waals surface area contributed by atoms with E-state index in [-0.39, 0.29) is 5.76 Å². The summed E-state index contributed by atoms with van der Waals surface area (Å²) in [5.74, 6) is 0.146. The van der Waals surface area contributed by atoms with Gasteiger partial charge in [0.25, 0.3) is 5.91 Å². The fourth-order valence-corrected chi connectivity index (χ4v) is 5.45. The molecular formula is C26H29N7O2. The van der Waals surface area contributed by atoms with Crippen molar-refractivity contribution in [2.24, 2.45) is 5.73 Å². The summed E-state index contributed by atoms with van der Waals surface area (Å²) < 4.78 is 7.18. The van der Waals surface area contributed by atoms with E-state index in [1.807, 2.05) is 10.6 Å². The number of hydrogen-bond acceptors (Lipinski definition) is 7. The fourth-order valence-electron chi connectivity index (χ4n) is 5.45. The minimum Gasteiger partial charge on any atom is -0.458 e. The molecule has 3 aromatic heterocycles. The number of fused-ring (bicyclic) bond motifs is 3. The number of nitrogens with one attached hydrogen (secondary N) is 1. The molecule has 2 fully saturated rings. The zero-order valence-corrected chi connectivity index (χ0v) is 19.9. The number of aromatic nitrogens is 3. The zero-order chi connectivity index (χ0) is 24.1. The molecule has 1 aromatic carbocycles. The van der Waals surface area contributed by atoms with Crippen LogP contribution in [0.2, 0.25) is 0 Å². The van der Waals surface area contributed by atoms with Crippen molar-refractivity contribution in [3.63, 3.8) is 0 Å². The number of hydrogen-bond donors (Lipinski definition) is 2. The third-order valence-corrected chi connectivity index (χ3v) is 7.23. The van der Waals surface area contributed by atoms with Crippen LogP contribution < -0.4 is 16.0 Å². The van der Waals surface area contributed by atoms with E-state index in [4.69, 9.17) is 10.2 Å². The number of primary amides is 1. The fraction of sp³-hybridized carbons (Fsp3) is 0.346. The maximum Gasteiger partial charge on any atom is 0.284 e. The molecule has 6 rings (SSSR count). The number of likely N-dealkylation sites (tertiary alicyclic amines) is 1. The molecule has 9 nitrogen and oxygen atoms in total. The van der Waals surface area contributed by atoms with E-state index >= 15 is 0 Å². The Kier molecular flexibility index (Phi) is 5.21. The number of furan rings is 1. The third-order valence-electron chi connectivity index (χ3n) is 7.23. The Morgan fingerprint density at radius 3 is 2.54 bits per heavy atom. The maximum absolute atomic E-state index is 11.4. The first-order valence-corrected chi connectivity index (χ1v) is 12.1. The molecule has 2 aliphatic rings. The number of carbonyl (C=O) groups excluding carboxylic acids is 1. The molecule has 2 saturated heterocycles. The summed E-state index contributed by atoms with van der Waals surface area (Å²) in [5, 5.41) is 3.41. The topological polar surface area (TPSA) is 105 Å². The Labute approximate surface area is 203 Å². The highest BCUT2D eigenvalue weighted by atomic mass is 16.3. The summed E-state index contributed by atoms with van der Waals surface area (Å²) in [4.78, 5) is 25.7. The first-order valence-electron chi connectivity index (χ1n) is 12.1. The highest BCUT2D eigenvalue weighted by molar-refractivity contribution is 5.91. The number of nitrogens with zero attached hydrogens (tertiary/aromatic N) is 5. The Balaban J connectivity index is 1.23. The average Bonchev–Trinajstić information content (AvgIpc) is 3.58. The first-order chi connectivity index (χ1) is 17.0. The van der Waals surface area contributed by atoms with E-state index in [1.165, 1.54) is 24.8 Å². The van der Waals surface area contributed by atoms with Crippen molar-refractivity contribution in [2.45, 2.75) is 44.8 Å². The van der Waals surface area contributed by atoms with Gasteiger partial charge < -0.3 is 20.4 Å². The largest absolute Gasteiger partial charge is 0.458 e. The van der Waals surface area contributed by atoms with Crippen LogP contribution in [-0.4, -0.2) is 56.4 Å². The summed E-state index contributed by atoms with van der Waals surface area (Å²) in [6, 6.07) is 12.0. The Morgan fingerprint density at radius 1 is 1.14 bits per heavy atom. The van der Waals surface area contributed by atoms with Gasteiger partial charge in [0.05, 0.1) is 11.9 Å². The van der Waals surface area contributed by atoms with Crippen LogP contribution in [0.4, 0.5) is 17.2 Å². The van der Waals surface area contributed by atoms with Gasteiger partial charge in [-0.15, -0.1) is 0 Å². The van der Waals surface area contributed by atoms with Crippen molar-refractivity contribution in [1.29, 1.82) is 0 Å². The second kappa shape index (κ2) is 8.42. The van der Waals surface area contributed by atoms with Crippen LogP contribution >= 0.6 is 0 Å². The molecule has 35 heavy (non-hydrogen) atoms. The van der Waals surface area contributed by atoms with E-state index in [2.05, 4.69) is 63.2 Å². The van der Waals surface area contributed by atoms with E-state index in [9.17, 15) is 4.79 Å².